The van der Waals surface area contributed by atoms with E-state index in [0.29, 0.717) is 0 Å². The van der Waals surface area contributed by atoms with E-state index >= 15 is 0 Å². The lowest BCUT2D eigenvalue weighted by atomic mass is 9.83. The number of ether oxygens (including phenoxy) is 1. The van der Waals surface area contributed by atoms with Crippen molar-refractivity contribution in [3.63, 3.8) is 0 Å². The van der Waals surface area contributed by atoms with Crippen molar-refractivity contribution in [3.8, 4) is 17.2 Å². The fourth-order valence-corrected chi connectivity index (χ4v) is 2.64. The van der Waals surface area contributed by atoms with E-state index in [2.05, 4.69) is 0 Å². The van der Waals surface area contributed by atoms with Gasteiger partial charge >= 0.3 is 0 Å². The lowest BCUT2D eigenvalue weighted by Gasteiger charge is -2.26. The van der Waals surface area contributed by atoms with Crippen molar-refractivity contribution in [3.05, 3.63) is 52.6 Å². The Morgan fingerprint density at radius 2 is 1.43 bits per heavy atom. The molecule has 0 fully saturated rings. The summed E-state index contributed by atoms with van der Waals surface area (Å²) < 4.78 is 5.73. The highest BCUT2D eigenvalue weighted by molar-refractivity contribution is 6.30. The van der Waals surface area contributed by atoms with Crippen molar-refractivity contribution in [2.75, 3.05) is 0 Å². The molecule has 1 aliphatic carbocycles. The topological polar surface area (TPSA) is 83.8 Å². The van der Waals surface area contributed by atoms with Crippen LogP contribution >= 0.6 is 0 Å². The predicted molar refractivity (Wildman–Crippen MR) is 83.5 cm³/mol. The Balaban J connectivity index is 2.33. The third-order valence-corrected chi connectivity index (χ3v) is 3.53. The molecule has 5 heteroatoms. The fourth-order valence-electron chi connectivity index (χ4n) is 2.64. The maximum atomic E-state index is 12.8. The summed E-state index contributed by atoms with van der Waals surface area (Å²) >= 11 is 0. The van der Waals surface area contributed by atoms with Gasteiger partial charge in [-0.2, -0.15) is 0 Å². The van der Waals surface area contributed by atoms with Crippen LogP contribution in [0.3, 0.4) is 0 Å². The molecule has 0 radical (unpaired) electrons. The first-order valence-electron chi connectivity index (χ1n) is 7.17. The molecule has 0 aromatic heterocycles. The molecule has 3 rings (SSSR count). The normalized spacial score (nSPS) is 13.5. The van der Waals surface area contributed by atoms with E-state index in [0.717, 1.165) is 0 Å². The molecule has 0 aliphatic heterocycles. The van der Waals surface area contributed by atoms with E-state index in [1.165, 1.54) is 12.1 Å². The number of phenols is 2. The van der Waals surface area contributed by atoms with Gasteiger partial charge in [0.1, 0.15) is 11.4 Å². The quantitative estimate of drug-likeness (QED) is 0.675. The Bertz CT molecular complexity index is 843. The summed E-state index contributed by atoms with van der Waals surface area (Å²) in [5.41, 5.74) is -0.411. The first-order chi connectivity index (χ1) is 10.7. The van der Waals surface area contributed by atoms with Crippen molar-refractivity contribution in [1.29, 1.82) is 0 Å². The van der Waals surface area contributed by atoms with Crippen molar-refractivity contribution in [2.24, 2.45) is 0 Å². The van der Waals surface area contributed by atoms with Crippen LogP contribution in [0.1, 0.15) is 52.6 Å². The standard InChI is InChI=1S/C18H16O5/c1-18(2,3)23-12-8-11(19)17(22)14-13(12)15(20)9-6-4-5-7-10(9)16(14)21/h4-8,19,22H,1-3H3. The highest BCUT2D eigenvalue weighted by Crippen LogP contribution is 2.44. The Kier molecular flexibility index (Phi) is 3.18. The number of aromatic hydroxyl groups is 2. The number of ketones is 2. The minimum atomic E-state index is -0.641. The highest BCUT2D eigenvalue weighted by atomic mass is 16.5. The number of carbonyl (C=O) groups is 2. The maximum absolute atomic E-state index is 12.8. The van der Waals surface area contributed by atoms with Crippen LogP contribution in [0.15, 0.2) is 30.3 Å². The van der Waals surface area contributed by atoms with Gasteiger partial charge in [0, 0.05) is 17.2 Å². The fraction of sp³-hybridized carbons (Fsp3) is 0.222. The van der Waals surface area contributed by atoms with Gasteiger partial charge < -0.3 is 14.9 Å². The van der Waals surface area contributed by atoms with Crippen molar-refractivity contribution >= 4 is 11.6 Å². The van der Waals surface area contributed by atoms with Crippen molar-refractivity contribution < 1.29 is 24.5 Å². The van der Waals surface area contributed by atoms with Crippen LogP contribution in [0.5, 0.6) is 17.2 Å². The molecule has 0 amide bonds. The Morgan fingerprint density at radius 3 is 1.96 bits per heavy atom. The van der Waals surface area contributed by atoms with Crippen LogP contribution in [-0.4, -0.2) is 27.4 Å². The summed E-state index contributed by atoms with van der Waals surface area (Å²) in [7, 11) is 0. The average Bonchev–Trinajstić information content (AvgIpc) is 2.47. The largest absolute Gasteiger partial charge is 0.504 e. The number of hydrogen-bond acceptors (Lipinski definition) is 5. The lowest BCUT2D eigenvalue weighted by Crippen LogP contribution is -2.27. The minimum Gasteiger partial charge on any atom is -0.504 e. The molecule has 0 atom stereocenters. The number of rotatable bonds is 1. The van der Waals surface area contributed by atoms with Crippen molar-refractivity contribution in [1.82, 2.24) is 0 Å². The van der Waals surface area contributed by atoms with E-state index in [1.54, 1.807) is 39.0 Å². The number of carbonyl (C=O) groups excluding carboxylic acids is 2. The molecule has 0 unspecified atom stereocenters. The summed E-state index contributed by atoms with van der Waals surface area (Å²) in [4.78, 5) is 25.5. The molecule has 2 aromatic rings. The molecule has 0 spiro atoms. The molecule has 1 aliphatic rings. The molecule has 23 heavy (non-hydrogen) atoms. The average molecular weight is 312 g/mol. The number of fused-ring (bicyclic) bond motifs is 2. The van der Waals surface area contributed by atoms with Crippen LogP contribution in [0, 0.1) is 0 Å². The van der Waals surface area contributed by atoms with Gasteiger partial charge in [0.2, 0.25) is 0 Å². The smallest absolute Gasteiger partial charge is 0.198 e. The Morgan fingerprint density at radius 1 is 0.913 bits per heavy atom. The molecule has 0 bridgehead atoms. The van der Waals surface area contributed by atoms with Crippen LogP contribution < -0.4 is 4.74 Å². The highest BCUT2D eigenvalue weighted by Gasteiger charge is 2.36. The van der Waals surface area contributed by atoms with Gasteiger partial charge in [-0.15, -0.1) is 0 Å². The van der Waals surface area contributed by atoms with E-state index in [1.807, 2.05) is 0 Å². The SMILES string of the molecule is CC(C)(C)Oc1cc(O)c(O)c2c1C(=O)c1ccccc1C2=O. The monoisotopic (exact) mass is 312 g/mol. The third kappa shape index (κ3) is 2.34. The summed E-state index contributed by atoms with van der Waals surface area (Å²) in [5, 5.41) is 20.0. The first kappa shape index (κ1) is 15.1. The van der Waals surface area contributed by atoms with E-state index < -0.39 is 28.7 Å². The van der Waals surface area contributed by atoms with Gasteiger partial charge in [-0.3, -0.25) is 9.59 Å². The van der Waals surface area contributed by atoms with Crippen LogP contribution in [-0.2, 0) is 0 Å². The second-order valence-electron chi connectivity index (χ2n) is 6.41. The summed E-state index contributed by atoms with van der Waals surface area (Å²) in [5.74, 6) is -1.94. The van der Waals surface area contributed by atoms with E-state index in [4.69, 9.17) is 4.74 Å². The summed E-state index contributed by atoms with van der Waals surface area (Å²) in [6, 6.07) is 7.55. The molecular weight excluding hydrogens is 296 g/mol. The molecule has 0 saturated carbocycles. The zero-order chi connectivity index (χ0) is 16.9. The van der Waals surface area contributed by atoms with Gasteiger partial charge in [-0.05, 0) is 20.8 Å². The number of phenolic OH excluding ortho intramolecular Hbond substituents is 2. The van der Waals surface area contributed by atoms with Gasteiger partial charge in [0.15, 0.2) is 23.1 Å². The molecule has 0 saturated heterocycles. The van der Waals surface area contributed by atoms with E-state index in [9.17, 15) is 19.8 Å². The lowest BCUT2D eigenvalue weighted by molar-refractivity contribution is 0.0954. The first-order valence-corrected chi connectivity index (χ1v) is 7.17. The van der Waals surface area contributed by atoms with Gasteiger partial charge in [0.05, 0.1) is 11.1 Å². The second-order valence-corrected chi connectivity index (χ2v) is 6.41. The van der Waals surface area contributed by atoms with Crippen LogP contribution in [0.4, 0.5) is 0 Å². The summed E-state index contributed by atoms with van der Waals surface area (Å²) in [6.07, 6.45) is 0. The molecule has 0 heterocycles. The molecule has 118 valence electrons. The third-order valence-electron chi connectivity index (χ3n) is 3.53. The Labute approximate surface area is 133 Å². The molecule has 2 aromatic carbocycles. The zero-order valence-corrected chi connectivity index (χ0v) is 13.0. The minimum absolute atomic E-state index is 0.0149. The second kappa shape index (κ2) is 4.84. The molecule has 5 nitrogen and oxygen atoms in total. The van der Waals surface area contributed by atoms with Crippen molar-refractivity contribution in [2.45, 2.75) is 26.4 Å². The number of benzene rings is 2. The van der Waals surface area contributed by atoms with Gasteiger partial charge in [-0.25, -0.2) is 0 Å². The van der Waals surface area contributed by atoms with Gasteiger partial charge in [0.25, 0.3) is 0 Å². The molecular formula is C18H16O5. The van der Waals surface area contributed by atoms with Crippen LogP contribution in [0.25, 0.3) is 0 Å². The summed E-state index contributed by atoms with van der Waals surface area (Å²) in [6.45, 7) is 5.35. The van der Waals surface area contributed by atoms with Gasteiger partial charge in [-0.1, -0.05) is 24.3 Å². The predicted octanol–water partition coefficient (Wildman–Crippen LogP) is 3.05. The van der Waals surface area contributed by atoms with Crippen LogP contribution in [0.2, 0.25) is 0 Å². The maximum Gasteiger partial charge on any atom is 0.198 e. The van der Waals surface area contributed by atoms with E-state index in [-0.39, 0.29) is 28.0 Å². The molecule has 2 N–H and O–H groups in total. The number of hydrogen-bond donors (Lipinski definition) is 2. The Hall–Kier alpha value is -2.82. The zero-order valence-electron chi connectivity index (χ0n) is 13.0.